The van der Waals surface area contributed by atoms with Gasteiger partial charge in [-0.2, -0.15) is 23.4 Å². The standard InChI is InChI=1S/C34H34F4N6O3/c1-33(2,3)47-32(45)40-19-22-8-7-17-44(21-22)30-23(11-12-28(29(30)34(36,37)38)46-25-9-5-4-6-10-25)18-26(35)31-39-15-14-27(43-31)24-13-16-41-42-20-24/h4-6,9-16,18,20,22H,7-8,17,19,21H2,1-3H3,(H,40,45)/b26-18-/t22-/m0/s1. The maximum absolute atomic E-state index is 15.9. The molecule has 0 saturated carbocycles. The van der Waals surface area contributed by atoms with Gasteiger partial charge in [0.25, 0.3) is 0 Å². The molecule has 1 fully saturated rings. The number of anilines is 1. The second-order valence-electron chi connectivity index (χ2n) is 12.0. The second-order valence-corrected chi connectivity index (χ2v) is 12.0. The van der Waals surface area contributed by atoms with Crippen LogP contribution in [-0.4, -0.2) is 51.5 Å². The quantitative estimate of drug-likeness (QED) is 0.192. The molecule has 13 heteroatoms. The van der Waals surface area contributed by atoms with Crippen LogP contribution in [0.2, 0.25) is 0 Å². The number of carbonyl (C=O) groups is 1. The molecule has 9 nitrogen and oxygen atoms in total. The smallest absolute Gasteiger partial charge is 0.422 e. The van der Waals surface area contributed by atoms with E-state index in [9.17, 15) is 4.79 Å². The maximum atomic E-state index is 15.9. The van der Waals surface area contributed by atoms with E-state index in [1.165, 1.54) is 30.7 Å². The molecule has 2 aromatic heterocycles. The van der Waals surface area contributed by atoms with Gasteiger partial charge in [0.2, 0.25) is 0 Å². The number of alkyl carbamates (subject to hydrolysis) is 1. The van der Waals surface area contributed by atoms with Crippen LogP contribution in [0.15, 0.2) is 73.2 Å². The molecule has 47 heavy (non-hydrogen) atoms. The molecule has 3 heterocycles. The number of ether oxygens (including phenoxy) is 2. The molecule has 2 aromatic carbocycles. The summed E-state index contributed by atoms with van der Waals surface area (Å²) in [5.41, 5.74) is -1.08. The van der Waals surface area contributed by atoms with Gasteiger partial charge < -0.3 is 19.7 Å². The number of nitrogens with zero attached hydrogens (tertiary/aromatic N) is 5. The number of carbonyl (C=O) groups excluding carboxylic acids is 1. The van der Waals surface area contributed by atoms with E-state index in [-0.39, 0.29) is 48.4 Å². The summed E-state index contributed by atoms with van der Waals surface area (Å²) in [4.78, 5) is 22.2. The molecule has 5 rings (SSSR count). The first-order valence-corrected chi connectivity index (χ1v) is 15.0. The van der Waals surface area contributed by atoms with Gasteiger partial charge in [-0.3, -0.25) is 0 Å². The monoisotopic (exact) mass is 650 g/mol. The van der Waals surface area contributed by atoms with Crippen LogP contribution >= 0.6 is 0 Å². The summed E-state index contributed by atoms with van der Waals surface area (Å²) in [6, 6.07) is 13.9. The number of piperidine rings is 1. The zero-order valence-corrected chi connectivity index (χ0v) is 26.1. The van der Waals surface area contributed by atoms with Crippen LogP contribution in [0.3, 0.4) is 0 Å². The summed E-state index contributed by atoms with van der Waals surface area (Å²) in [5, 5.41) is 10.3. The van der Waals surface area contributed by atoms with Crippen LogP contribution in [0.5, 0.6) is 11.5 Å². The van der Waals surface area contributed by atoms with Gasteiger partial charge in [0.15, 0.2) is 11.7 Å². The van der Waals surface area contributed by atoms with Crippen LogP contribution in [0.4, 0.5) is 28.0 Å². The Bertz CT molecular complexity index is 1710. The Hall–Kier alpha value is -5.07. The van der Waals surface area contributed by atoms with Gasteiger partial charge in [0.05, 0.1) is 23.8 Å². The van der Waals surface area contributed by atoms with Gasteiger partial charge in [-0.25, -0.2) is 19.2 Å². The van der Waals surface area contributed by atoms with E-state index in [1.807, 2.05) is 0 Å². The molecule has 0 unspecified atom stereocenters. The Balaban J connectivity index is 1.55. The topological polar surface area (TPSA) is 102 Å². The summed E-state index contributed by atoms with van der Waals surface area (Å²) in [7, 11) is 0. The summed E-state index contributed by atoms with van der Waals surface area (Å²) < 4.78 is 72.0. The number of aromatic nitrogens is 4. The zero-order valence-electron chi connectivity index (χ0n) is 26.1. The number of rotatable bonds is 8. The van der Waals surface area contributed by atoms with E-state index < -0.39 is 35.0 Å². The lowest BCUT2D eigenvalue weighted by atomic mass is 9.94. The van der Waals surface area contributed by atoms with Crippen LogP contribution < -0.4 is 15.0 Å². The van der Waals surface area contributed by atoms with Gasteiger partial charge in [-0.15, -0.1) is 0 Å². The van der Waals surface area contributed by atoms with Crippen molar-refractivity contribution in [3.8, 4) is 22.8 Å². The summed E-state index contributed by atoms with van der Waals surface area (Å²) in [6.45, 7) is 5.84. The fraction of sp³-hybridized carbons (Fsp3) is 0.324. The first kappa shape index (κ1) is 33.3. The van der Waals surface area contributed by atoms with Crippen molar-refractivity contribution in [1.82, 2.24) is 25.5 Å². The highest BCUT2D eigenvalue weighted by molar-refractivity contribution is 5.83. The number of alkyl halides is 3. The highest BCUT2D eigenvalue weighted by atomic mass is 19.4. The minimum Gasteiger partial charge on any atom is -0.457 e. The molecular formula is C34H34F4N6O3. The third-order valence-corrected chi connectivity index (χ3v) is 7.23. The van der Waals surface area contributed by atoms with Crippen molar-refractivity contribution in [3.05, 3.63) is 90.1 Å². The lowest BCUT2D eigenvalue weighted by molar-refractivity contribution is -0.138. The summed E-state index contributed by atoms with van der Waals surface area (Å²) in [5.74, 6) is -1.64. The highest BCUT2D eigenvalue weighted by Crippen LogP contribution is 2.47. The molecule has 1 aliphatic heterocycles. The minimum absolute atomic E-state index is 0.0319. The Morgan fingerprint density at radius 3 is 2.53 bits per heavy atom. The van der Waals surface area contributed by atoms with Gasteiger partial charge in [-0.1, -0.05) is 18.2 Å². The molecule has 0 spiro atoms. The van der Waals surface area contributed by atoms with Crippen LogP contribution in [-0.2, 0) is 10.9 Å². The molecule has 1 aliphatic rings. The lowest BCUT2D eigenvalue weighted by Crippen LogP contribution is -2.43. The van der Waals surface area contributed by atoms with Crippen LogP contribution in [0.25, 0.3) is 23.2 Å². The number of amides is 1. The number of hydrogen-bond donors (Lipinski definition) is 1. The van der Waals surface area contributed by atoms with Crippen molar-refractivity contribution < 1.29 is 31.8 Å². The van der Waals surface area contributed by atoms with Gasteiger partial charge >= 0.3 is 12.3 Å². The predicted molar refractivity (Wildman–Crippen MR) is 169 cm³/mol. The molecule has 246 valence electrons. The molecule has 1 saturated heterocycles. The Morgan fingerprint density at radius 2 is 1.83 bits per heavy atom. The lowest BCUT2D eigenvalue weighted by Gasteiger charge is -2.37. The molecule has 1 amide bonds. The van der Waals surface area contributed by atoms with Gasteiger partial charge in [0.1, 0.15) is 22.7 Å². The first-order valence-electron chi connectivity index (χ1n) is 15.0. The minimum atomic E-state index is -4.87. The maximum Gasteiger partial charge on any atom is 0.422 e. The fourth-order valence-corrected chi connectivity index (χ4v) is 5.27. The second kappa shape index (κ2) is 14.1. The Labute approximate surface area is 269 Å². The van der Waals surface area contributed by atoms with E-state index in [2.05, 4.69) is 25.5 Å². The van der Waals surface area contributed by atoms with E-state index in [0.717, 1.165) is 6.08 Å². The van der Waals surface area contributed by atoms with E-state index in [0.29, 0.717) is 24.1 Å². The molecule has 4 aromatic rings. The highest BCUT2D eigenvalue weighted by Gasteiger charge is 2.41. The number of hydrogen-bond acceptors (Lipinski definition) is 8. The van der Waals surface area contributed by atoms with E-state index >= 15 is 17.6 Å². The van der Waals surface area contributed by atoms with Gasteiger partial charge in [0, 0.05) is 37.0 Å². The van der Waals surface area contributed by atoms with Crippen molar-refractivity contribution in [3.63, 3.8) is 0 Å². The van der Waals surface area contributed by atoms with Crippen molar-refractivity contribution in [2.24, 2.45) is 5.92 Å². The molecule has 0 bridgehead atoms. The van der Waals surface area contributed by atoms with Gasteiger partial charge in [-0.05, 0) is 82.0 Å². The number of para-hydroxylation sites is 1. The van der Waals surface area contributed by atoms with E-state index in [1.54, 1.807) is 68.1 Å². The number of nitrogens with one attached hydrogen (secondary N) is 1. The number of benzene rings is 2. The fourth-order valence-electron chi connectivity index (χ4n) is 5.27. The van der Waals surface area contributed by atoms with E-state index in [4.69, 9.17) is 9.47 Å². The normalized spacial score (nSPS) is 15.7. The first-order chi connectivity index (χ1) is 22.4. The molecule has 0 radical (unpaired) electrons. The van der Waals surface area contributed by atoms with Crippen LogP contribution in [0.1, 0.15) is 50.6 Å². The summed E-state index contributed by atoms with van der Waals surface area (Å²) >= 11 is 0. The molecular weight excluding hydrogens is 616 g/mol. The Morgan fingerprint density at radius 1 is 1.04 bits per heavy atom. The van der Waals surface area contributed by atoms with Crippen molar-refractivity contribution >= 4 is 23.7 Å². The van der Waals surface area contributed by atoms with Crippen molar-refractivity contribution in [2.45, 2.75) is 45.4 Å². The van der Waals surface area contributed by atoms with Crippen molar-refractivity contribution in [2.75, 3.05) is 24.5 Å². The third kappa shape index (κ3) is 8.81. The predicted octanol–water partition coefficient (Wildman–Crippen LogP) is 7.95. The average molecular weight is 651 g/mol. The van der Waals surface area contributed by atoms with Crippen molar-refractivity contribution in [1.29, 1.82) is 0 Å². The van der Waals surface area contributed by atoms with Crippen LogP contribution in [0, 0.1) is 5.92 Å². The summed E-state index contributed by atoms with van der Waals surface area (Å²) in [6.07, 6.45) is 1.00. The largest absolute Gasteiger partial charge is 0.457 e. The molecule has 1 atom stereocenters. The third-order valence-electron chi connectivity index (χ3n) is 7.23. The average Bonchev–Trinajstić information content (AvgIpc) is 3.04. The molecule has 1 N–H and O–H groups in total. The Kier molecular flexibility index (Phi) is 10.0. The number of halogens is 4. The SMILES string of the molecule is CC(C)(C)OC(=O)NC[C@@H]1CCCN(c2c(/C=C(\F)c3nccc(-c4ccnnc4)n3)ccc(Oc3ccccc3)c2C(F)(F)F)C1. The molecule has 0 aliphatic carbocycles. The zero-order chi connectivity index (χ0) is 33.6.